The molecule has 0 aliphatic heterocycles. The van der Waals surface area contributed by atoms with E-state index in [2.05, 4.69) is 202 Å². The Kier molecular flexibility index (Phi) is 6.98. The molecule has 11 rings (SSSR count). The largest absolute Gasteiger partial charge is 0.455 e. The highest BCUT2D eigenvalue weighted by molar-refractivity contribution is 6.09. The van der Waals surface area contributed by atoms with Crippen molar-refractivity contribution in [1.82, 2.24) is 0 Å². The molecule has 2 heteroatoms. The van der Waals surface area contributed by atoms with Gasteiger partial charge in [-0.2, -0.15) is 0 Å². The van der Waals surface area contributed by atoms with E-state index in [1.807, 2.05) is 6.07 Å². The van der Waals surface area contributed by atoms with Crippen molar-refractivity contribution in [3.63, 3.8) is 0 Å². The third-order valence-corrected chi connectivity index (χ3v) is 12.7. The molecule has 0 amide bonds. The van der Waals surface area contributed by atoms with Gasteiger partial charge in [-0.25, -0.2) is 0 Å². The minimum Gasteiger partial charge on any atom is -0.455 e. The summed E-state index contributed by atoms with van der Waals surface area (Å²) in [7, 11) is 0. The standard InChI is InChI=1S/C54H41NO/c1-53(2)45-22-10-6-18-43(45)51-46(53)23-14-25-49(51)55(36-30-27-34(28-31-36)38-19-13-20-42-41-17-8-12-26-50(41)56-52(38)42)48-24-11-7-15-37(48)35-29-32-40-39-16-5-9-21-44(39)54(3,4)47(40)33-35/h5-33H,1-4H3. The fraction of sp³-hybridized carbons (Fsp3) is 0.111. The highest BCUT2D eigenvalue weighted by Gasteiger charge is 2.38. The highest BCUT2D eigenvalue weighted by atomic mass is 16.3. The quantitative estimate of drug-likeness (QED) is 0.176. The van der Waals surface area contributed by atoms with Crippen LogP contribution in [-0.2, 0) is 10.8 Å². The zero-order valence-electron chi connectivity index (χ0n) is 32.1. The molecule has 0 radical (unpaired) electrons. The molecule has 0 bridgehead atoms. The molecule has 2 nitrogen and oxygen atoms in total. The van der Waals surface area contributed by atoms with Gasteiger partial charge < -0.3 is 9.32 Å². The summed E-state index contributed by atoms with van der Waals surface area (Å²) in [6, 6.07) is 64.6. The number of hydrogen-bond acceptors (Lipinski definition) is 2. The Morgan fingerprint density at radius 1 is 0.393 bits per heavy atom. The minimum absolute atomic E-state index is 0.0926. The summed E-state index contributed by atoms with van der Waals surface area (Å²) < 4.78 is 6.48. The van der Waals surface area contributed by atoms with Crippen molar-refractivity contribution >= 4 is 39.0 Å². The van der Waals surface area contributed by atoms with Crippen LogP contribution in [0.25, 0.3) is 66.4 Å². The van der Waals surface area contributed by atoms with Crippen LogP contribution in [0, 0.1) is 0 Å². The molecule has 0 saturated carbocycles. The maximum Gasteiger partial charge on any atom is 0.143 e. The lowest BCUT2D eigenvalue weighted by Crippen LogP contribution is -2.16. The number of para-hydroxylation sites is 3. The summed E-state index contributed by atoms with van der Waals surface area (Å²) in [4.78, 5) is 2.49. The minimum atomic E-state index is -0.122. The van der Waals surface area contributed by atoms with Crippen LogP contribution < -0.4 is 4.90 Å². The second-order valence-corrected chi connectivity index (χ2v) is 16.5. The van der Waals surface area contributed by atoms with E-state index >= 15 is 0 Å². The SMILES string of the molecule is CC1(C)c2ccccc2-c2ccc(-c3ccccc3N(c3ccc(-c4cccc5c4oc4ccccc45)cc3)c3cccc4c3-c3ccccc3C4(C)C)cc21. The third-order valence-electron chi connectivity index (χ3n) is 12.7. The lowest BCUT2D eigenvalue weighted by Gasteiger charge is -2.31. The molecule has 0 N–H and O–H groups in total. The second kappa shape index (κ2) is 11.9. The van der Waals surface area contributed by atoms with Crippen LogP contribution in [0.3, 0.4) is 0 Å². The van der Waals surface area contributed by atoms with E-state index in [4.69, 9.17) is 4.42 Å². The number of fused-ring (bicyclic) bond motifs is 9. The van der Waals surface area contributed by atoms with Crippen molar-refractivity contribution in [1.29, 1.82) is 0 Å². The van der Waals surface area contributed by atoms with Gasteiger partial charge in [0.25, 0.3) is 0 Å². The molecule has 0 unspecified atom stereocenters. The molecule has 0 saturated heterocycles. The van der Waals surface area contributed by atoms with Crippen LogP contribution in [0.1, 0.15) is 49.9 Å². The first-order chi connectivity index (χ1) is 27.3. The van der Waals surface area contributed by atoms with Gasteiger partial charge in [-0.05, 0) is 86.5 Å². The van der Waals surface area contributed by atoms with Gasteiger partial charge in [0, 0.05) is 44.0 Å². The Hall–Kier alpha value is -6.64. The van der Waals surface area contributed by atoms with Gasteiger partial charge in [0.15, 0.2) is 0 Å². The van der Waals surface area contributed by atoms with E-state index in [9.17, 15) is 0 Å². The van der Waals surface area contributed by atoms with Gasteiger partial charge in [0.1, 0.15) is 11.2 Å². The Morgan fingerprint density at radius 2 is 0.946 bits per heavy atom. The molecular formula is C54H41NO. The molecule has 0 atom stereocenters. The van der Waals surface area contributed by atoms with Crippen molar-refractivity contribution in [3.05, 3.63) is 198 Å². The molecule has 2 aliphatic rings. The maximum atomic E-state index is 6.48. The van der Waals surface area contributed by atoms with Crippen molar-refractivity contribution in [3.8, 4) is 44.5 Å². The number of hydrogen-bond donors (Lipinski definition) is 0. The van der Waals surface area contributed by atoms with Crippen LogP contribution in [-0.4, -0.2) is 0 Å². The van der Waals surface area contributed by atoms with E-state index in [0.29, 0.717) is 0 Å². The van der Waals surface area contributed by atoms with Gasteiger partial charge in [0.2, 0.25) is 0 Å². The van der Waals surface area contributed by atoms with Crippen LogP contribution in [0.2, 0.25) is 0 Å². The first-order valence-electron chi connectivity index (χ1n) is 19.7. The van der Waals surface area contributed by atoms with Gasteiger partial charge in [-0.3, -0.25) is 0 Å². The van der Waals surface area contributed by atoms with E-state index in [1.54, 1.807) is 0 Å². The molecule has 2 aliphatic carbocycles. The maximum absolute atomic E-state index is 6.48. The van der Waals surface area contributed by atoms with Crippen molar-refractivity contribution in [2.45, 2.75) is 38.5 Å². The topological polar surface area (TPSA) is 16.4 Å². The molecule has 56 heavy (non-hydrogen) atoms. The van der Waals surface area contributed by atoms with Crippen molar-refractivity contribution in [2.75, 3.05) is 4.90 Å². The molecule has 1 heterocycles. The highest BCUT2D eigenvalue weighted by Crippen LogP contribution is 2.56. The number of furan rings is 1. The van der Waals surface area contributed by atoms with E-state index in [0.717, 1.165) is 44.4 Å². The predicted molar refractivity (Wildman–Crippen MR) is 234 cm³/mol. The van der Waals surface area contributed by atoms with Crippen LogP contribution in [0.5, 0.6) is 0 Å². The summed E-state index contributed by atoms with van der Waals surface area (Å²) in [5, 5.41) is 2.28. The summed E-state index contributed by atoms with van der Waals surface area (Å²) >= 11 is 0. The zero-order chi connectivity index (χ0) is 37.8. The number of nitrogens with zero attached hydrogens (tertiary/aromatic N) is 1. The average molecular weight is 720 g/mol. The molecule has 9 aromatic rings. The third kappa shape index (κ3) is 4.62. The molecule has 8 aromatic carbocycles. The number of rotatable bonds is 5. The predicted octanol–water partition coefficient (Wildman–Crippen LogP) is 15.0. The fourth-order valence-corrected chi connectivity index (χ4v) is 9.88. The Balaban J connectivity index is 1.11. The smallest absolute Gasteiger partial charge is 0.143 e. The van der Waals surface area contributed by atoms with Crippen molar-refractivity contribution < 1.29 is 4.42 Å². The Bertz CT molecular complexity index is 3030. The molecule has 268 valence electrons. The summed E-state index contributed by atoms with van der Waals surface area (Å²) in [5.74, 6) is 0. The first kappa shape index (κ1) is 32.8. The van der Waals surface area contributed by atoms with E-state index < -0.39 is 0 Å². The van der Waals surface area contributed by atoms with Gasteiger partial charge >= 0.3 is 0 Å². The van der Waals surface area contributed by atoms with E-state index in [-0.39, 0.29) is 10.8 Å². The average Bonchev–Trinajstić information content (AvgIpc) is 3.82. The second-order valence-electron chi connectivity index (χ2n) is 16.5. The summed E-state index contributed by atoms with van der Waals surface area (Å²) in [5.41, 5.74) is 20.4. The summed E-state index contributed by atoms with van der Waals surface area (Å²) in [6.45, 7) is 9.44. The first-order valence-corrected chi connectivity index (χ1v) is 19.7. The van der Waals surface area contributed by atoms with Gasteiger partial charge in [0.05, 0.1) is 11.4 Å². The number of anilines is 3. The molecular weight excluding hydrogens is 679 g/mol. The van der Waals surface area contributed by atoms with Crippen LogP contribution in [0.4, 0.5) is 17.1 Å². The molecule has 0 spiro atoms. The van der Waals surface area contributed by atoms with Crippen LogP contribution in [0.15, 0.2) is 180 Å². The molecule has 1 aromatic heterocycles. The van der Waals surface area contributed by atoms with Gasteiger partial charge in [-0.1, -0.05) is 167 Å². The lowest BCUT2D eigenvalue weighted by atomic mass is 9.81. The zero-order valence-corrected chi connectivity index (χ0v) is 32.1. The normalized spacial score (nSPS) is 14.4. The van der Waals surface area contributed by atoms with Crippen molar-refractivity contribution in [2.24, 2.45) is 0 Å². The molecule has 0 fully saturated rings. The lowest BCUT2D eigenvalue weighted by molar-refractivity contribution is 0.660. The Labute approximate surface area is 328 Å². The van der Waals surface area contributed by atoms with Crippen LogP contribution >= 0.6 is 0 Å². The summed E-state index contributed by atoms with van der Waals surface area (Å²) in [6.07, 6.45) is 0. The monoisotopic (exact) mass is 719 g/mol. The fourth-order valence-electron chi connectivity index (χ4n) is 9.88. The Morgan fingerprint density at radius 3 is 1.77 bits per heavy atom. The van der Waals surface area contributed by atoms with Gasteiger partial charge in [-0.15, -0.1) is 0 Å². The van der Waals surface area contributed by atoms with E-state index in [1.165, 1.54) is 61.3 Å². The number of benzene rings is 8.